The molecule has 0 saturated heterocycles. The molecule has 0 saturated carbocycles. The summed E-state index contributed by atoms with van der Waals surface area (Å²) in [5.41, 5.74) is 0.683. The number of hydrogen-bond donors (Lipinski definition) is 1. The van der Waals surface area contributed by atoms with Gasteiger partial charge >= 0.3 is 0 Å². The molecule has 11 heteroatoms. The number of hydrogen-bond acceptors (Lipinski definition) is 7. The van der Waals surface area contributed by atoms with Crippen molar-refractivity contribution in [3.8, 4) is 10.8 Å². The Morgan fingerprint density at radius 2 is 2.13 bits per heavy atom. The monoisotopic (exact) mass is 449 g/mol. The third-order valence-corrected chi connectivity index (χ3v) is 5.92. The summed E-state index contributed by atoms with van der Waals surface area (Å²) >= 11 is 2.66. The van der Waals surface area contributed by atoms with Gasteiger partial charge in [0.15, 0.2) is 16.8 Å². The smallest absolute Gasteiger partial charge is 0.257 e. The van der Waals surface area contributed by atoms with Crippen LogP contribution in [0.5, 0.6) is 0 Å². The molecule has 0 aliphatic heterocycles. The Labute approximate surface area is 178 Å². The number of rotatable bonds is 8. The highest BCUT2D eigenvalue weighted by molar-refractivity contribution is 7.99. The molecule has 1 amide bonds. The van der Waals surface area contributed by atoms with Crippen molar-refractivity contribution in [2.24, 2.45) is 0 Å². The number of thiophene rings is 1. The van der Waals surface area contributed by atoms with Crippen LogP contribution in [0.1, 0.15) is 19.2 Å². The molecular weight excluding hydrogens is 432 g/mol. The predicted molar refractivity (Wildman–Crippen MR) is 110 cm³/mol. The van der Waals surface area contributed by atoms with Gasteiger partial charge in [0.2, 0.25) is 11.8 Å². The molecule has 0 atom stereocenters. The lowest BCUT2D eigenvalue weighted by molar-refractivity contribution is -0.129. The Kier molecular flexibility index (Phi) is 6.09. The second-order valence-electron chi connectivity index (χ2n) is 6.41. The first kappa shape index (κ1) is 20.5. The fraction of sp³-hybridized carbons (Fsp3) is 0.263. The van der Waals surface area contributed by atoms with Crippen LogP contribution in [0.2, 0.25) is 0 Å². The lowest BCUT2D eigenvalue weighted by Crippen LogP contribution is -2.32. The van der Waals surface area contributed by atoms with E-state index in [2.05, 4.69) is 20.2 Å². The molecular formula is C19H17F2N5O2S2. The van der Waals surface area contributed by atoms with E-state index in [0.29, 0.717) is 34.5 Å². The molecule has 0 fully saturated rings. The summed E-state index contributed by atoms with van der Waals surface area (Å²) in [6.45, 7) is 2.72. The zero-order valence-corrected chi connectivity index (χ0v) is 17.5. The molecule has 0 radical (unpaired) electrons. The van der Waals surface area contributed by atoms with Crippen molar-refractivity contribution >= 4 is 40.0 Å². The number of H-pyrrole nitrogens is 1. The fourth-order valence-corrected chi connectivity index (χ4v) is 4.25. The van der Waals surface area contributed by atoms with Crippen LogP contribution >= 0.6 is 23.1 Å². The second-order valence-corrected chi connectivity index (χ2v) is 8.32. The summed E-state index contributed by atoms with van der Waals surface area (Å²) < 4.78 is 32.4. The van der Waals surface area contributed by atoms with E-state index in [0.717, 1.165) is 23.4 Å². The maximum atomic E-state index is 13.4. The summed E-state index contributed by atoms with van der Waals surface area (Å²) in [6, 6.07) is 5.86. The number of imidazole rings is 1. The van der Waals surface area contributed by atoms with Crippen molar-refractivity contribution in [1.29, 1.82) is 0 Å². The first-order chi connectivity index (χ1) is 14.5. The number of thioether (sulfide) groups is 1. The Morgan fingerprint density at radius 1 is 1.30 bits per heavy atom. The van der Waals surface area contributed by atoms with E-state index >= 15 is 0 Å². The number of fused-ring (bicyclic) bond motifs is 1. The average Bonchev–Trinajstić information content (AvgIpc) is 3.46. The highest BCUT2D eigenvalue weighted by Gasteiger charge is 2.19. The molecule has 1 N–H and O–H groups in total. The van der Waals surface area contributed by atoms with E-state index in [1.807, 2.05) is 24.4 Å². The Morgan fingerprint density at radius 3 is 2.90 bits per heavy atom. The van der Waals surface area contributed by atoms with Crippen LogP contribution < -0.4 is 0 Å². The molecule has 7 nitrogen and oxygen atoms in total. The zero-order chi connectivity index (χ0) is 21.1. The van der Waals surface area contributed by atoms with Gasteiger partial charge in [0, 0.05) is 18.7 Å². The minimum atomic E-state index is -0.961. The minimum Gasteiger partial charge on any atom is -0.418 e. The van der Waals surface area contributed by atoms with Gasteiger partial charge in [-0.2, -0.15) is 0 Å². The second kappa shape index (κ2) is 8.92. The van der Waals surface area contributed by atoms with Crippen LogP contribution in [0.4, 0.5) is 8.78 Å². The van der Waals surface area contributed by atoms with Crippen LogP contribution in [-0.4, -0.2) is 43.3 Å². The molecule has 3 heterocycles. The summed E-state index contributed by atoms with van der Waals surface area (Å²) in [5, 5.41) is 10.4. The maximum Gasteiger partial charge on any atom is 0.257 e. The van der Waals surface area contributed by atoms with Crippen molar-refractivity contribution < 1.29 is 18.0 Å². The molecule has 30 heavy (non-hydrogen) atoms. The number of nitrogens with zero attached hydrogens (tertiary/aromatic N) is 4. The highest BCUT2D eigenvalue weighted by Crippen LogP contribution is 2.24. The Bertz CT molecular complexity index is 1120. The van der Waals surface area contributed by atoms with Gasteiger partial charge in [0.1, 0.15) is 0 Å². The molecule has 0 aliphatic carbocycles. The van der Waals surface area contributed by atoms with Crippen molar-refractivity contribution in [3.05, 3.63) is 47.2 Å². The normalized spacial score (nSPS) is 11.3. The van der Waals surface area contributed by atoms with E-state index < -0.39 is 11.6 Å². The van der Waals surface area contributed by atoms with Crippen LogP contribution in [0.25, 0.3) is 21.8 Å². The number of nitrogens with one attached hydrogen (secondary N) is 1. The highest BCUT2D eigenvalue weighted by atomic mass is 32.2. The summed E-state index contributed by atoms with van der Waals surface area (Å²) in [6.07, 6.45) is 0.769. The lowest BCUT2D eigenvalue weighted by atomic mass is 10.3. The Balaban J connectivity index is 1.41. The third kappa shape index (κ3) is 4.51. The lowest BCUT2D eigenvalue weighted by Gasteiger charge is -2.19. The fourth-order valence-electron chi connectivity index (χ4n) is 2.81. The van der Waals surface area contributed by atoms with Gasteiger partial charge in [-0.1, -0.05) is 24.8 Å². The molecule has 4 aromatic rings. The summed E-state index contributed by atoms with van der Waals surface area (Å²) in [5.74, 6) is -1.14. The molecule has 0 bridgehead atoms. The van der Waals surface area contributed by atoms with Crippen LogP contribution in [0.15, 0.2) is 39.2 Å². The largest absolute Gasteiger partial charge is 0.418 e. The van der Waals surface area contributed by atoms with Crippen molar-refractivity contribution in [2.45, 2.75) is 25.0 Å². The van der Waals surface area contributed by atoms with E-state index in [1.54, 1.807) is 4.90 Å². The number of amides is 1. The van der Waals surface area contributed by atoms with Gasteiger partial charge in [0.25, 0.3) is 5.89 Å². The van der Waals surface area contributed by atoms with Gasteiger partial charge in [-0.05, 0) is 17.9 Å². The molecule has 0 spiro atoms. The van der Waals surface area contributed by atoms with Gasteiger partial charge in [-0.3, -0.25) is 4.79 Å². The maximum absolute atomic E-state index is 13.4. The summed E-state index contributed by atoms with van der Waals surface area (Å²) in [4.78, 5) is 22.3. The molecule has 3 aromatic heterocycles. The van der Waals surface area contributed by atoms with Crippen molar-refractivity contribution in [3.63, 3.8) is 0 Å². The standard InChI is InChI=1S/C19H17F2N5O2S2/c1-2-5-26(9-16-24-25-18(28-16)15-4-3-6-29-15)17(27)10-30-19-22-13-7-11(20)12(21)8-14(13)23-19/h3-4,6-8H,2,5,9-10H2,1H3,(H,22,23). The van der Waals surface area contributed by atoms with E-state index in [4.69, 9.17) is 4.42 Å². The van der Waals surface area contributed by atoms with Crippen molar-refractivity contribution in [2.75, 3.05) is 12.3 Å². The molecule has 4 rings (SSSR count). The van der Waals surface area contributed by atoms with Crippen LogP contribution in [0.3, 0.4) is 0 Å². The van der Waals surface area contributed by atoms with Gasteiger partial charge < -0.3 is 14.3 Å². The van der Waals surface area contributed by atoms with E-state index in [9.17, 15) is 13.6 Å². The predicted octanol–water partition coefficient (Wildman–Crippen LogP) is 4.48. The van der Waals surface area contributed by atoms with Gasteiger partial charge in [0.05, 0.1) is 28.2 Å². The van der Waals surface area contributed by atoms with E-state index in [-0.39, 0.29) is 18.2 Å². The topological polar surface area (TPSA) is 87.9 Å². The Hall–Kier alpha value is -2.79. The number of benzene rings is 1. The molecule has 156 valence electrons. The quantitative estimate of drug-likeness (QED) is 0.399. The number of aromatic nitrogens is 4. The third-order valence-electron chi connectivity index (χ3n) is 4.21. The number of carbonyl (C=O) groups is 1. The molecule has 0 aliphatic rings. The van der Waals surface area contributed by atoms with E-state index in [1.165, 1.54) is 23.1 Å². The zero-order valence-electron chi connectivity index (χ0n) is 15.9. The SMILES string of the molecule is CCCN(Cc1nnc(-c2cccs2)o1)C(=O)CSc1nc2cc(F)c(F)cc2[nH]1. The van der Waals surface area contributed by atoms with Crippen LogP contribution in [0, 0.1) is 11.6 Å². The van der Waals surface area contributed by atoms with Gasteiger partial charge in [-0.25, -0.2) is 13.8 Å². The molecule has 1 aromatic carbocycles. The number of halogens is 2. The first-order valence-corrected chi connectivity index (χ1v) is 11.0. The first-order valence-electron chi connectivity index (χ1n) is 9.15. The summed E-state index contributed by atoms with van der Waals surface area (Å²) in [7, 11) is 0. The van der Waals surface area contributed by atoms with Gasteiger partial charge in [-0.15, -0.1) is 21.5 Å². The van der Waals surface area contributed by atoms with Crippen LogP contribution in [-0.2, 0) is 11.3 Å². The minimum absolute atomic E-state index is 0.108. The number of aromatic amines is 1. The van der Waals surface area contributed by atoms with Crippen molar-refractivity contribution in [1.82, 2.24) is 25.1 Å². The average molecular weight is 450 g/mol. The number of carbonyl (C=O) groups excluding carboxylic acids is 1. The molecule has 0 unspecified atom stereocenters.